The molecule has 2 fully saturated rings. The number of rotatable bonds is 7. The molecule has 3 aromatic rings. The van der Waals surface area contributed by atoms with Crippen LogP contribution in [0.2, 0.25) is 0 Å². The smallest absolute Gasteiger partial charge is 0.325 e. The van der Waals surface area contributed by atoms with Crippen LogP contribution in [0.4, 0.5) is 4.79 Å². The van der Waals surface area contributed by atoms with Gasteiger partial charge in [-0.05, 0) is 44.2 Å². The number of fused-ring (bicyclic) bond motifs is 1. The average molecular weight is 445 g/mol. The molecule has 5 rings (SSSR count). The Kier molecular flexibility index (Phi) is 5.19. The number of aromatic nitrogens is 1. The highest BCUT2D eigenvalue weighted by Gasteiger charge is 2.51. The van der Waals surface area contributed by atoms with Crippen LogP contribution in [0.15, 0.2) is 60.8 Å². The fourth-order valence-electron chi connectivity index (χ4n) is 4.81. The summed E-state index contributed by atoms with van der Waals surface area (Å²) in [6.07, 6.45) is 3.95. The maximum absolute atomic E-state index is 13.5. The third kappa shape index (κ3) is 3.77. The topological polar surface area (TPSA) is 85.5 Å². The Balaban J connectivity index is 1.39. The molecule has 2 aromatic carbocycles. The van der Waals surface area contributed by atoms with Crippen LogP contribution in [0.1, 0.15) is 37.8 Å². The van der Waals surface area contributed by atoms with Crippen molar-refractivity contribution in [1.29, 1.82) is 0 Å². The monoisotopic (exact) mass is 444 g/mol. The van der Waals surface area contributed by atoms with Crippen LogP contribution in [0.25, 0.3) is 10.9 Å². The Hall–Kier alpha value is -3.61. The fraction of sp³-hybridized carbons (Fsp3) is 0.346. The number of urea groups is 1. The van der Waals surface area contributed by atoms with Gasteiger partial charge in [0, 0.05) is 35.2 Å². The van der Waals surface area contributed by atoms with Crippen LogP contribution in [0.3, 0.4) is 0 Å². The van der Waals surface area contributed by atoms with Crippen LogP contribution in [0.5, 0.6) is 0 Å². The third-order valence-corrected chi connectivity index (χ3v) is 7.01. The minimum Gasteiger partial charge on any atom is -0.361 e. The molecule has 2 unspecified atom stereocenters. The van der Waals surface area contributed by atoms with E-state index in [1.807, 2.05) is 59.5 Å². The van der Waals surface area contributed by atoms with Crippen LogP contribution < -0.4 is 5.32 Å². The van der Waals surface area contributed by atoms with Crippen molar-refractivity contribution in [3.63, 3.8) is 0 Å². The number of para-hydroxylation sites is 1. The van der Waals surface area contributed by atoms with Crippen LogP contribution in [-0.4, -0.2) is 45.2 Å². The predicted molar refractivity (Wildman–Crippen MR) is 125 cm³/mol. The summed E-state index contributed by atoms with van der Waals surface area (Å²) in [6, 6.07) is 17.0. The van der Waals surface area contributed by atoms with Gasteiger partial charge >= 0.3 is 6.03 Å². The first-order valence-corrected chi connectivity index (χ1v) is 11.4. The van der Waals surface area contributed by atoms with E-state index in [9.17, 15) is 14.4 Å². The number of imide groups is 1. The van der Waals surface area contributed by atoms with Crippen molar-refractivity contribution in [2.24, 2.45) is 5.92 Å². The summed E-state index contributed by atoms with van der Waals surface area (Å²) in [4.78, 5) is 45.8. The molecule has 7 heteroatoms. The number of aromatic amines is 1. The summed E-state index contributed by atoms with van der Waals surface area (Å²) in [5.74, 6) is -0.161. The molecule has 1 aliphatic heterocycles. The lowest BCUT2D eigenvalue weighted by atomic mass is 9.91. The minimum atomic E-state index is -1.23. The second-order valence-corrected chi connectivity index (χ2v) is 9.28. The fourth-order valence-corrected chi connectivity index (χ4v) is 4.81. The molecule has 4 amide bonds. The normalized spacial score (nSPS) is 21.3. The lowest BCUT2D eigenvalue weighted by Gasteiger charge is -2.31. The second-order valence-electron chi connectivity index (χ2n) is 9.28. The molecule has 2 atom stereocenters. The molecule has 1 saturated heterocycles. The maximum Gasteiger partial charge on any atom is 0.325 e. The molecule has 2 heterocycles. The molecule has 1 aliphatic carbocycles. The van der Waals surface area contributed by atoms with Gasteiger partial charge in [0.25, 0.3) is 5.91 Å². The molecule has 0 spiro atoms. The molecular formula is C26H28N4O3. The summed E-state index contributed by atoms with van der Waals surface area (Å²) >= 11 is 0. The minimum absolute atomic E-state index is 0.0541. The number of amides is 4. The second kappa shape index (κ2) is 8.06. The summed E-state index contributed by atoms with van der Waals surface area (Å²) in [7, 11) is 0. The van der Waals surface area contributed by atoms with Crippen molar-refractivity contribution >= 4 is 28.7 Å². The number of H-pyrrole nitrogens is 1. The Morgan fingerprint density at radius 3 is 2.55 bits per heavy atom. The van der Waals surface area contributed by atoms with E-state index in [0.717, 1.165) is 34.2 Å². The van der Waals surface area contributed by atoms with Gasteiger partial charge in [-0.2, -0.15) is 0 Å². The summed E-state index contributed by atoms with van der Waals surface area (Å²) < 4.78 is 0. The van der Waals surface area contributed by atoms with Crippen molar-refractivity contribution in [2.75, 3.05) is 6.54 Å². The Morgan fingerprint density at radius 1 is 1.12 bits per heavy atom. The van der Waals surface area contributed by atoms with Crippen LogP contribution in [-0.2, 0) is 21.7 Å². The van der Waals surface area contributed by atoms with Gasteiger partial charge in [0.1, 0.15) is 12.1 Å². The van der Waals surface area contributed by atoms with E-state index in [4.69, 9.17) is 0 Å². The molecule has 1 aromatic heterocycles. The Morgan fingerprint density at radius 2 is 1.82 bits per heavy atom. The number of nitrogens with zero attached hydrogens (tertiary/aromatic N) is 2. The molecule has 1 saturated carbocycles. The van der Waals surface area contributed by atoms with Crippen molar-refractivity contribution in [1.82, 2.24) is 20.1 Å². The number of hydrogen-bond acceptors (Lipinski definition) is 3. The van der Waals surface area contributed by atoms with E-state index in [0.29, 0.717) is 18.0 Å². The molecule has 2 aliphatic rings. The molecule has 7 nitrogen and oxygen atoms in total. The van der Waals surface area contributed by atoms with Crippen molar-refractivity contribution < 1.29 is 14.4 Å². The number of nitrogens with one attached hydrogen (secondary N) is 2. The predicted octanol–water partition coefficient (Wildman–Crippen LogP) is 3.76. The summed E-state index contributed by atoms with van der Waals surface area (Å²) in [5, 5.41) is 3.70. The molecule has 0 radical (unpaired) electrons. The maximum atomic E-state index is 13.5. The lowest BCUT2D eigenvalue weighted by molar-refractivity contribution is -0.140. The zero-order valence-electron chi connectivity index (χ0n) is 18.9. The van der Waals surface area contributed by atoms with E-state index in [1.165, 1.54) is 0 Å². The molecule has 33 heavy (non-hydrogen) atoms. The van der Waals surface area contributed by atoms with Gasteiger partial charge in [0.15, 0.2) is 0 Å². The SMILES string of the molecule is CC(C1CC1)N(Cc1ccccc1)C(=O)CN1C(=O)NC(C)(c2c[nH]c3ccccc23)C1=O. The first-order chi connectivity index (χ1) is 15.9. The third-order valence-electron chi connectivity index (χ3n) is 7.01. The van der Waals surface area contributed by atoms with Gasteiger partial charge in [-0.15, -0.1) is 0 Å². The molecule has 170 valence electrons. The first kappa shape index (κ1) is 21.2. The van der Waals surface area contributed by atoms with Crippen LogP contribution in [0, 0.1) is 5.92 Å². The Bertz CT molecular complexity index is 1220. The van der Waals surface area contributed by atoms with Gasteiger partial charge in [-0.1, -0.05) is 48.5 Å². The largest absolute Gasteiger partial charge is 0.361 e. The van der Waals surface area contributed by atoms with Crippen LogP contribution >= 0.6 is 0 Å². The van der Waals surface area contributed by atoms with Gasteiger partial charge < -0.3 is 15.2 Å². The zero-order chi connectivity index (χ0) is 23.2. The molecule has 2 N–H and O–H groups in total. The summed E-state index contributed by atoms with van der Waals surface area (Å²) in [6.45, 7) is 3.94. The highest BCUT2D eigenvalue weighted by Crippen LogP contribution is 2.37. The van der Waals surface area contributed by atoms with Crippen molar-refractivity contribution in [3.8, 4) is 0 Å². The van der Waals surface area contributed by atoms with E-state index < -0.39 is 17.5 Å². The van der Waals surface area contributed by atoms with E-state index in [2.05, 4.69) is 17.2 Å². The number of carbonyl (C=O) groups excluding carboxylic acids is 3. The van der Waals surface area contributed by atoms with Crippen molar-refractivity contribution in [3.05, 3.63) is 71.9 Å². The quantitative estimate of drug-likeness (QED) is 0.544. The van der Waals surface area contributed by atoms with Gasteiger partial charge in [-0.25, -0.2) is 4.79 Å². The highest BCUT2D eigenvalue weighted by atomic mass is 16.2. The summed E-state index contributed by atoms with van der Waals surface area (Å²) in [5.41, 5.74) is 1.37. The Labute approximate surface area is 192 Å². The first-order valence-electron chi connectivity index (χ1n) is 11.4. The van der Waals surface area contributed by atoms with Gasteiger partial charge in [0.2, 0.25) is 5.91 Å². The number of benzene rings is 2. The molecular weight excluding hydrogens is 416 g/mol. The van der Waals surface area contributed by atoms with E-state index >= 15 is 0 Å². The standard InChI is InChI=1S/C26H28N4O3/c1-17(19-12-13-19)29(15-18-8-4-3-5-9-18)23(31)16-30-24(32)26(2,28-25(30)33)21-14-27-22-11-7-6-10-20(21)22/h3-11,14,17,19,27H,12-13,15-16H2,1-2H3,(H,28,33). The lowest BCUT2D eigenvalue weighted by Crippen LogP contribution is -2.47. The molecule has 0 bridgehead atoms. The number of hydrogen-bond donors (Lipinski definition) is 2. The van der Waals surface area contributed by atoms with E-state index in [-0.39, 0.29) is 18.5 Å². The number of carbonyl (C=O) groups is 3. The van der Waals surface area contributed by atoms with E-state index in [1.54, 1.807) is 13.1 Å². The van der Waals surface area contributed by atoms with Crippen molar-refractivity contribution in [2.45, 2.75) is 44.8 Å². The zero-order valence-corrected chi connectivity index (χ0v) is 18.9. The van der Waals surface area contributed by atoms with Gasteiger partial charge in [0.05, 0.1) is 0 Å². The van der Waals surface area contributed by atoms with Gasteiger partial charge in [-0.3, -0.25) is 14.5 Å². The average Bonchev–Trinajstić information content (AvgIpc) is 3.54. The highest BCUT2D eigenvalue weighted by molar-refractivity contribution is 6.10.